The molecule has 2 N–H and O–H groups in total. The maximum atomic E-state index is 11.7. The average molecular weight is 518 g/mol. The van der Waals surface area contributed by atoms with Gasteiger partial charge in [-0.15, -0.1) is 0 Å². The third-order valence-electron chi connectivity index (χ3n) is 6.28. The van der Waals surface area contributed by atoms with E-state index in [4.69, 9.17) is 10.5 Å². The molecule has 174 valence electrons. The number of carbonyl (C=O) groups is 1. The van der Waals surface area contributed by atoms with Crippen LogP contribution in [0.4, 0.5) is 0 Å². The maximum Gasteiger partial charge on any atom is 0.248 e. The first kappa shape index (κ1) is 23.9. The number of amides is 1. The van der Waals surface area contributed by atoms with E-state index in [0.717, 1.165) is 39.9 Å². The van der Waals surface area contributed by atoms with Gasteiger partial charge in [-0.3, -0.25) is 14.7 Å². The smallest absolute Gasteiger partial charge is 0.248 e. The van der Waals surface area contributed by atoms with Gasteiger partial charge in [0.15, 0.2) is 0 Å². The molecule has 2 aromatic carbocycles. The van der Waals surface area contributed by atoms with Crippen LogP contribution in [0.5, 0.6) is 5.75 Å². The van der Waals surface area contributed by atoms with Crippen molar-refractivity contribution < 1.29 is 9.53 Å². The van der Waals surface area contributed by atoms with Crippen molar-refractivity contribution in [3.63, 3.8) is 0 Å². The lowest BCUT2D eigenvalue weighted by Crippen LogP contribution is -2.44. The average Bonchev–Trinajstić information content (AvgIpc) is 2.87. The highest BCUT2D eigenvalue weighted by Gasteiger charge is 2.35. The maximum absolute atomic E-state index is 11.7. The van der Waals surface area contributed by atoms with Crippen LogP contribution in [0, 0.1) is 0 Å². The number of pyridine rings is 1. The minimum atomic E-state index is -0.412. The van der Waals surface area contributed by atoms with Crippen LogP contribution < -0.4 is 10.5 Å². The Hall–Kier alpha value is -3.22. The Balaban J connectivity index is 1.53. The van der Waals surface area contributed by atoms with Crippen LogP contribution in [0.2, 0.25) is 0 Å². The van der Waals surface area contributed by atoms with Gasteiger partial charge in [0, 0.05) is 29.0 Å². The van der Waals surface area contributed by atoms with Crippen molar-refractivity contribution in [3.05, 3.63) is 118 Å². The van der Waals surface area contributed by atoms with Crippen LogP contribution in [0.15, 0.2) is 101 Å². The van der Waals surface area contributed by atoms with Gasteiger partial charge in [0.2, 0.25) is 5.91 Å². The number of nitrogens with zero attached hydrogens (tertiary/aromatic N) is 2. The second kappa shape index (κ2) is 10.8. The number of ether oxygens (including phenoxy) is 1. The van der Waals surface area contributed by atoms with Crippen molar-refractivity contribution in [2.24, 2.45) is 5.73 Å². The first-order valence-corrected chi connectivity index (χ1v) is 12.0. The van der Waals surface area contributed by atoms with Crippen LogP contribution in [-0.2, 0) is 23.4 Å². The van der Waals surface area contributed by atoms with Crippen LogP contribution in [0.1, 0.15) is 23.1 Å². The largest absolute Gasteiger partial charge is 0.489 e. The van der Waals surface area contributed by atoms with Gasteiger partial charge in [-0.1, -0.05) is 70.6 Å². The Kier molecular flexibility index (Phi) is 7.60. The first-order chi connectivity index (χ1) is 16.5. The lowest BCUT2D eigenvalue weighted by atomic mass is 9.81. The van der Waals surface area contributed by atoms with Gasteiger partial charge in [-0.05, 0) is 60.8 Å². The second-order valence-electron chi connectivity index (χ2n) is 8.43. The molecular formula is C28H28BrN3O2. The molecule has 1 atom stereocenters. The Morgan fingerprint density at radius 3 is 2.68 bits per heavy atom. The number of hydrogen-bond donors (Lipinski definition) is 1. The third-order valence-corrected chi connectivity index (χ3v) is 6.77. The summed E-state index contributed by atoms with van der Waals surface area (Å²) in [7, 11) is 2.10. The van der Waals surface area contributed by atoms with E-state index in [1.165, 1.54) is 0 Å². The van der Waals surface area contributed by atoms with E-state index in [0.29, 0.717) is 18.6 Å². The zero-order valence-electron chi connectivity index (χ0n) is 19.2. The van der Waals surface area contributed by atoms with Gasteiger partial charge in [-0.2, -0.15) is 0 Å². The van der Waals surface area contributed by atoms with Crippen molar-refractivity contribution in [1.82, 2.24) is 9.88 Å². The van der Waals surface area contributed by atoms with Crippen LogP contribution in [0.25, 0.3) is 0 Å². The summed E-state index contributed by atoms with van der Waals surface area (Å²) in [6.07, 6.45) is 10.9. The predicted octanol–water partition coefficient (Wildman–Crippen LogP) is 5.16. The van der Waals surface area contributed by atoms with E-state index < -0.39 is 11.4 Å². The standard InChI is InChI=1S/C28H28BrN3O2/c1-32(28(24-8-5-16-31-19-24)14-11-22(12-15-28)27(30)33)17-13-23-18-25(29)9-10-26(23)34-20-21-6-3-2-4-7-21/h2-12,14,16,18-19H,13,15,17,20H2,1H3,(H2,30,33). The van der Waals surface area contributed by atoms with Crippen LogP contribution in [-0.4, -0.2) is 29.4 Å². The minimum absolute atomic E-state index is 0.409. The lowest BCUT2D eigenvalue weighted by molar-refractivity contribution is -0.114. The van der Waals surface area contributed by atoms with E-state index >= 15 is 0 Å². The summed E-state index contributed by atoms with van der Waals surface area (Å²) in [5.41, 5.74) is 8.97. The molecule has 1 amide bonds. The molecule has 0 saturated carbocycles. The molecule has 4 rings (SSSR count). The minimum Gasteiger partial charge on any atom is -0.489 e. The molecule has 1 heterocycles. The third kappa shape index (κ3) is 5.46. The molecule has 0 radical (unpaired) electrons. The first-order valence-electron chi connectivity index (χ1n) is 11.2. The van der Waals surface area contributed by atoms with E-state index in [2.05, 4.69) is 63.2 Å². The molecule has 0 aliphatic heterocycles. The Morgan fingerprint density at radius 1 is 1.18 bits per heavy atom. The molecule has 0 bridgehead atoms. The molecule has 3 aromatic rings. The number of rotatable bonds is 9. The van der Waals surface area contributed by atoms with Gasteiger partial charge >= 0.3 is 0 Å². The number of hydrogen-bond acceptors (Lipinski definition) is 4. The van der Waals surface area contributed by atoms with Crippen molar-refractivity contribution >= 4 is 21.8 Å². The van der Waals surface area contributed by atoms with Crippen LogP contribution >= 0.6 is 15.9 Å². The molecule has 0 saturated heterocycles. The molecule has 0 spiro atoms. The number of aromatic nitrogens is 1. The highest BCUT2D eigenvalue weighted by molar-refractivity contribution is 9.10. The quantitative estimate of drug-likeness (QED) is 0.425. The highest BCUT2D eigenvalue weighted by Crippen LogP contribution is 2.37. The molecule has 34 heavy (non-hydrogen) atoms. The van der Waals surface area contributed by atoms with Gasteiger partial charge in [0.25, 0.3) is 0 Å². The summed E-state index contributed by atoms with van der Waals surface area (Å²) in [4.78, 5) is 18.3. The fourth-order valence-electron chi connectivity index (χ4n) is 4.26. The Bertz CT molecular complexity index is 1190. The predicted molar refractivity (Wildman–Crippen MR) is 138 cm³/mol. The molecule has 1 aliphatic carbocycles. The number of carbonyl (C=O) groups excluding carboxylic acids is 1. The van der Waals surface area contributed by atoms with E-state index in [-0.39, 0.29) is 0 Å². The van der Waals surface area contributed by atoms with E-state index in [1.807, 2.05) is 54.7 Å². The van der Waals surface area contributed by atoms with Crippen molar-refractivity contribution in [3.8, 4) is 5.75 Å². The number of halogens is 1. The zero-order chi connectivity index (χ0) is 24.0. The molecule has 6 heteroatoms. The van der Waals surface area contributed by atoms with Crippen LogP contribution in [0.3, 0.4) is 0 Å². The number of likely N-dealkylation sites (N-methyl/N-ethyl adjacent to an activating group) is 1. The number of nitrogens with two attached hydrogens (primary N) is 1. The topological polar surface area (TPSA) is 68.4 Å². The monoisotopic (exact) mass is 517 g/mol. The SMILES string of the molecule is CN(CCc1cc(Br)ccc1OCc1ccccc1)C1(c2cccnc2)C=CC(C(N)=O)=CC1. The molecule has 1 aromatic heterocycles. The Labute approximate surface area is 209 Å². The molecule has 1 aliphatic rings. The van der Waals surface area contributed by atoms with Crippen molar-refractivity contribution in [2.45, 2.75) is 25.0 Å². The molecular weight excluding hydrogens is 490 g/mol. The van der Waals surface area contributed by atoms with Gasteiger partial charge in [-0.25, -0.2) is 0 Å². The summed E-state index contributed by atoms with van der Waals surface area (Å²) in [6.45, 7) is 1.30. The van der Waals surface area contributed by atoms with Gasteiger partial charge in [0.05, 0.1) is 5.54 Å². The van der Waals surface area contributed by atoms with Gasteiger partial charge < -0.3 is 10.5 Å². The number of benzene rings is 2. The highest BCUT2D eigenvalue weighted by atomic mass is 79.9. The second-order valence-corrected chi connectivity index (χ2v) is 9.34. The Morgan fingerprint density at radius 2 is 2.00 bits per heavy atom. The summed E-state index contributed by atoms with van der Waals surface area (Å²) in [6, 6.07) is 20.3. The molecule has 0 fully saturated rings. The van der Waals surface area contributed by atoms with E-state index in [9.17, 15) is 4.79 Å². The van der Waals surface area contributed by atoms with Crippen molar-refractivity contribution in [2.75, 3.05) is 13.6 Å². The zero-order valence-corrected chi connectivity index (χ0v) is 20.7. The molecule has 5 nitrogen and oxygen atoms in total. The summed E-state index contributed by atoms with van der Waals surface area (Å²) in [5.74, 6) is 0.471. The van der Waals surface area contributed by atoms with E-state index in [1.54, 1.807) is 6.20 Å². The fraction of sp³-hybridized carbons (Fsp3) is 0.214. The fourth-order valence-corrected chi connectivity index (χ4v) is 4.66. The summed E-state index contributed by atoms with van der Waals surface area (Å²) in [5, 5.41) is 0. The van der Waals surface area contributed by atoms with Gasteiger partial charge in [0.1, 0.15) is 12.4 Å². The summed E-state index contributed by atoms with van der Waals surface area (Å²) >= 11 is 3.60. The number of primary amides is 1. The van der Waals surface area contributed by atoms with Crippen molar-refractivity contribution in [1.29, 1.82) is 0 Å². The normalized spacial score (nSPS) is 17.4. The lowest BCUT2D eigenvalue weighted by Gasteiger charge is -2.41. The molecule has 1 unspecified atom stereocenters. The summed E-state index contributed by atoms with van der Waals surface area (Å²) < 4.78 is 7.20.